The molecule has 1 unspecified atom stereocenters. The average molecular weight is 267 g/mol. The maximum atomic E-state index is 12.3. The van der Waals surface area contributed by atoms with Gasteiger partial charge in [0.05, 0.1) is 5.60 Å². The van der Waals surface area contributed by atoms with E-state index < -0.39 is 0 Å². The zero-order valence-corrected chi connectivity index (χ0v) is 12.5. The van der Waals surface area contributed by atoms with Crippen molar-refractivity contribution in [3.63, 3.8) is 0 Å². The number of carbonyl (C=O) groups excluding carboxylic acids is 1. The number of rotatable bonds is 5. The van der Waals surface area contributed by atoms with Gasteiger partial charge in [0.2, 0.25) is 0 Å². The van der Waals surface area contributed by atoms with Gasteiger partial charge in [-0.2, -0.15) is 0 Å². The summed E-state index contributed by atoms with van der Waals surface area (Å²) >= 11 is 0. The first-order chi connectivity index (χ1) is 9.11. The third-order valence-electron chi connectivity index (χ3n) is 4.64. The molecule has 1 saturated heterocycles. The molecule has 1 atom stereocenters. The smallest absolute Gasteiger partial charge is 0.137 e. The summed E-state index contributed by atoms with van der Waals surface area (Å²) in [5.41, 5.74) is 0.0578. The molecule has 0 bridgehead atoms. The molecule has 2 rings (SSSR count). The molecule has 1 N–H and O–H groups in total. The summed E-state index contributed by atoms with van der Waals surface area (Å²) in [6.07, 6.45) is 8.81. The lowest BCUT2D eigenvalue weighted by Crippen LogP contribution is -2.43. The minimum Gasteiger partial charge on any atom is -0.375 e. The van der Waals surface area contributed by atoms with Crippen molar-refractivity contribution in [1.29, 1.82) is 0 Å². The van der Waals surface area contributed by atoms with Crippen LogP contribution in [-0.4, -0.2) is 30.6 Å². The molecule has 2 aliphatic rings. The first-order valence-corrected chi connectivity index (χ1v) is 8.01. The largest absolute Gasteiger partial charge is 0.375 e. The summed E-state index contributed by atoms with van der Waals surface area (Å²) < 4.78 is 6.06. The summed E-state index contributed by atoms with van der Waals surface area (Å²) in [5.74, 6) is 0.696. The van der Waals surface area contributed by atoms with Gasteiger partial charge in [0.1, 0.15) is 5.78 Å². The summed E-state index contributed by atoms with van der Waals surface area (Å²) in [4.78, 5) is 12.3. The second-order valence-corrected chi connectivity index (χ2v) is 6.61. The highest BCUT2D eigenvalue weighted by atomic mass is 16.5. The van der Waals surface area contributed by atoms with Gasteiger partial charge < -0.3 is 10.1 Å². The Morgan fingerprint density at radius 3 is 2.74 bits per heavy atom. The summed E-state index contributed by atoms with van der Waals surface area (Å²) in [5, 5.41) is 3.33. The van der Waals surface area contributed by atoms with Crippen LogP contribution in [0, 0.1) is 5.92 Å². The van der Waals surface area contributed by atoms with Gasteiger partial charge in [0.25, 0.3) is 0 Å². The van der Waals surface area contributed by atoms with Gasteiger partial charge >= 0.3 is 0 Å². The molecule has 3 heteroatoms. The second-order valence-electron chi connectivity index (χ2n) is 6.61. The molecule has 1 saturated carbocycles. The predicted octanol–water partition coefficient (Wildman–Crippen LogP) is 3.07. The van der Waals surface area contributed by atoms with Crippen LogP contribution < -0.4 is 5.32 Å². The van der Waals surface area contributed by atoms with Crippen molar-refractivity contribution >= 4 is 5.78 Å². The van der Waals surface area contributed by atoms with Crippen molar-refractivity contribution in [3.8, 4) is 0 Å². The van der Waals surface area contributed by atoms with E-state index >= 15 is 0 Å². The Bertz CT molecular complexity index is 290. The fourth-order valence-corrected chi connectivity index (χ4v) is 3.54. The Kier molecular flexibility index (Phi) is 5.40. The fraction of sp³-hybridized carbons (Fsp3) is 0.938. The molecule has 0 aromatic rings. The molecule has 1 aliphatic heterocycles. The van der Waals surface area contributed by atoms with E-state index in [4.69, 9.17) is 4.74 Å². The van der Waals surface area contributed by atoms with Crippen molar-refractivity contribution < 1.29 is 9.53 Å². The molecule has 1 heterocycles. The molecule has 19 heavy (non-hydrogen) atoms. The van der Waals surface area contributed by atoms with Crippen molar-refractivity contribution in [1.82, 2.24) is 5.32 Å². The molecule has 0 amide bonds. The summed E-state index contributed by atoms with van der Waals surface area (Å²) in [6.45, 7) is 5.85. The zero-order chi connectivity index (χ0) is 13.7. The number of ether oxygens (including phenoxy) is 1. The van der Waals surface area contributed by atoms with E-state index in [2.05, 4.69) is 19.2 Å². The number of hydrogen-bond donors (Lipinski definition) is 1. The van der Waals surface area contributed by atoms with E-state index in [0.717, 1.165) is 26.0 Å². The zero-order valence-electron chi connectivity index (χ0n) is 12.5. The maximum absolute atomic E-state index is 12.3. The van der Waals surface area contributed by atoms with Crippen molar-refractivity contribution in [2.75, 3.05) is 13.2 Å². The van der Waals surface area contributed by atoms with Crippen LogP contribution in [0.3, 0.4) is 0 Å². The van der Waals surface area contributed by atoms with E-state index in [9.17, 15) is 4.79 Å². The second kappa shape index (κ2) is 6.85. The van der Waals surface area contributed by atoms with Gasteiger partial charge in [-0.05, 0) is 25.7 Å². The monoisotopic (exact) mass is 267 g/mol. The highest BCUT2D eigenvalue weighted by Gasteiger charge is 2.40. The molecule has 0 aromatic carbocycles. The first kappa shape index (κ1) is 15.0. The summed E-state index contributed by atoms with van der Waals surface area (Å²) in [6, 6.07) is 0.465. The lowest BCUT2D eigenvalue weighted by atomic mass is 9.74. The predicted molar refractivity (Wildman–Crippen MR) is 77.3 cm³/mol. The van der Waals surface area contributed by atoms with E-state index in [1.54, 1.807) is 0 Å². The molecule has 0 radical (unpaired) electrons. The first-order valence-electron chi connectivity index (χ1n) is 8.01. The third-order valence-corrected chi connectivity index (χ3v) is 4.64. The van der Waals surface area contributed by atoms with Crippen molar-refractivity contribution in [2.24, 2.45) is 5.92 Å². The maximum Gasteiger partial charge on any atom is 0.137 e. The van der Waals surface area contributed by atoms with Gasteiger partial charge in [-0.1, -0.05) is 33.1 Å². The normalized spacial score (nSPS) is 26.8. The van der Waals surface area contributed by atoms with Crippen molar-refractivity contribution in [3.05, 3.63) is 0 Å². The molecule has 110 valence electrons. The topological polar surface area (TPSA) is 38.3 Å². The van der Waals surface area contributed by atoms with Gasteiger partial charge in [-0.3, -0.25) is 4.79 Å². The Balaban J connectivity index is 1.81. The SMILES string of the molecule is CC(C)NCCC(=O)C1CCOC2(CCCCC2)C1. The van der Waals surface area contributed by atoms with Crippen LogP contribution in [-0.2, 0) is 9.53 Å². The van der Waals surface area contributed by atoms with Crippen LogP contribution in [0.5, 0.6) is 0 Å². The minimum absolute atomic E-state index is 0.0578. The molecule has 3 nitrogen and oxygen atoms in total. The Morgan fingerprint density at radius 2 is 2.05 bits per heavy atom. The standard InChI is InChI=1S/C16H29NO2/c1-13(2)17-10-6-15(18)14-7-11-19-16(12-14)8-4-3-5-9-16/h13-14,17H,3-12H2,1-2H3. The van der Waals surface area contributed by atoms with E-state index in [0.29, 0.717) is 18.2 Å². The molecular formula is C16H29NO2. The van der Waals surface area contributed by atoms with Crippen LogP contribution in [0.1, 0.15) is 65.2 Å². The quantitative estimate of drug-likeness (QED) is 0.832. The number of ketones is 1. The minimum atomic E-state index is 0.0578. The van der Waals surface area contributed by atoms with Crippen LogP contribution in [0.4, 0.5) is 0 Å². The molecule has 0 aromatic heterocycles. The number of Topliss-reactive ketones (excluding diaryl/α,β-unsaturated/α-hetero) is 1. The molecule has 2 fully saturated rings. The van der Waals surface area contributed by atoms with E-state index in [1.165, 1.54) is 32.1 Å². The van der Waals surface area contributed by atoms with E-state index in [1.807, 2.05) is 0 Å². The van der Waals surface area contributed by atoms with Crippen LogP contribution in [0.15, 0.2) is 0 Å². The Hall–Kier alpha value is -0.410. The highest BCUT2D eigenvalue weighted by Crippen LogP contribution is 2.41. The molecule has 1 aliphatic carbocycles. The van der Waals surface area contributed by atoms with Gasteiger partial charge in [-0.15, -0.1) is 0 Å². The van der Waals surface area contributed by atoms with Crippen LogP contribution in [0.2, 0.25) is 0 Å². The number of nitrogens with one attached hydrogen (secondary N) is 1. The summed E-state index contributed by atoms with van der Waals surface area (Å²) in [7, 11) is 0. The molecule has 1 spiro atoms. The van der Waals surface area contributed by atoms with E-state index in [-0.39, 0.29) is 11.5 Å². The van der Waals surface area contributed by atoms with Crippen LogP contribution in [0.25, 0.3) is 0 Å². The van der Waals surface area contributed by atoms with Gasteiger partial charge in [-0.25, -0.2) is 0 Å². The highest BCUT2D eigenvalue weighted by molar-refractivity contribution is 5.81. The lowest BCUT2D eigenvalue weighted by Gasteiger charge is -2.43. The van der Waals surface area contributed by atoms with Gasteiger partial charge in [0.15, 0.2) is 0 Å². The molecular weight excluding hydrogens is 238 g/mol. The Labute approximate surface area is 117 Å². The van der Waals surface area contributed by atoms with Crippen LogP contribution >= 0.6 is 0 Å². The Morgan fingerprint density at radius 1 is 1.32 bits per heavy atom. The lowest BCUT2D eigenvalue weighted by molar-refractivity contribution is -0.142. The number of hydrogen-bond acceptors (Lipinski definition) is 3. The number of carbonyl (C=O) groups is 1. The van der Waals surface area contributed by atoms with Gasteiger partial charge in [0, 0.05) is 31.5 Å². The van der Waals surface area contributed by atoms with Crippen molar-refractivity contribution in [2.45, 2.75) is 76.9 Å². The fourth-order valence-electron chi connectivity index (χ4n) is 3.54. The third kappa shape index (κ3) is 4.28. The average Bonchev–Trinajstić information content (AvgIpc) is 2.39.